The van der Waals surface area contributed by atoms with Crippen LogP contribution in [0.15, 0.2) is 134 Å². The molecule has 0 fully saturated rings. The molecule has 0 spiro atoms. The minimum absolute atomic E-state index is 0.397. The highest BCUT2D eigenvalue weighted by Crippen LogP contribution is 2.51. The van der Waals surface area contributed by atoms with Gasteiger partial charge in [-0.25, -0.2) is 9.88 Å². The molecule has 0 saturated carbocycles. The number of benzene rings is 4. The van der Waals surface area contributed by atoms with Crippen LogP contribution in [0.5, 0.6) is 0 Å². The summed E-state index contributed by atoms with van der Waals surface area (Å²) in [7, 11) is -2.80. The summed E-state index contributed by atoms with van der Waals surface area (Å²) in [6.07, 6.45) is 1.34. The molecule has 0 saturated heterocycles. The molecular weight excluding hydrogens is 449 g/mol. The quantitative estimate of drug-likeness (QED) is 0.228. The highest BCUT2D eigenvalue weighted by atomic mass is 31.2. The molecule has 4 N–H and O–H groups in total. The number of hydrogen-bond donors (Lipinski definition) is 3. The molecule has 0 aliphatic rings. The average molecular weight is 477 g/mol. The van der Waals surface area contributed by atoms with E-state index < -0.39 is 13.7 Å². The van der Waals surface area contributed by atoms with E-state index in [9.17, 15) is 4.89 Å². The first-order valence-corrected chi connectivity index (χ1v) is 13.3. The van der Waals surface area contributed by atoms with Crippen molar-refractivity contribution >= 4 is 29.2 Å². The molecule has 1 atom stereocenters. The summed E-state index contributed by atoms with van der Waals surface area (Å²) in [4.78, 5) is 16.6. The van der Waals surface area contributed by atoms with Crippen molar-refractivity contribution in [2.45, 2.75) is 6.17 Å². The summed E-state index contributed by atoms with van der Waals surface area (Å²) in [5.74, 6) is 0.730. The van der Waals surface area contributed by atoms with Crippen LogP contribution in [0.2, 0.25) is 0 Å². The first-order valence-electron chi connectivity index (χ1n) is 11.5. The number of anilines is 1. The third-order valence-corrected chi connectivity index (χ3v) is 9.14. The zero-order chi connectivity index (χ0) is 24.1. The van der Waals surface area contributed by atoms with Gasteiger partial charge in [0.2, 0.25) is 7.49 Å². The predicted molar refractivity (Wildman–Crippen MR) is 148 cm³/mol. The molecule has 5 heteroatoms. The number of rotatable bonds is 7. The Kier molecular flexibility index (Phi) is 6.69. The first-order chi connectivity index (χ1) is 17.1. The van der Waals surface area contributed by atoms with E-state index in [-0.39, 0.29) is 0 Å². The van der Waals surface area contributed by atoms with Gasteiger partial charge in [0.25, 0.3) is 0 Å². The van der Waals surface area contributed by atoms with Gasteiger partial charge < -0.3 is 11.1 Å². The standard InChI is InChI=1S/C30H27N3OP/c31-30(33-29-19-7-8-20-32-29)25-13-9-11-23(21-25)24-12-10-18-28(22-24)35(34,26-14-3-1-4-15-26)27-16-5-2-6-17-27/h1-22,30,34H,31H2,(H,32,33)/q+1. The Morgan fingerprint density at radius 2 is 1.20 bits per heavy atom. The lowest BCUT2D eigenvalue weighted by atomic mass is 10.0. The number of aromatic nitrogens is 1. The Hall–Kier alpha value is -3.82. The van der Waals surface area contributed by atoms with Gasteiger partial charge in [-0.05, 0) is 71.3 Å². The van der Waals surface area contributed by atoms with Crippen LogP contribution < -0.4 is 27.0 Å². The van der Waals surface area contributed by atoms with Crippen molar-refractivity contribution in [3.63, 3.8) is 0 Å². The van der Waals surface area contributed by atoms with E-state index in [2.05, 4.69) is 34.6 Å². The summed E-state index contributed by atoms with van der Waals surface area (Å²) in [5, 5.41) is 6.02. The third kappa shape index (κ3) is 4.87. The second-order valence-electron chi connectivity index (χ2n) is 8.32. The molecule has 0 amide bonds. The van der Waals surface area contributed by atoms with Crippen LogP contribution in [-0.2, 0) is 0 Å². The minimum Gasteiger partial charge on any atom is -0.351 e. The summed E-state index contributed by atoms with van der Waals surface area (Å²) in [6.45, 7) is 0. The number of nitrogens with zero attached hydrogens (tertiary/aromatic N) is 1. The lowest BCUT2D eigenvalue weighted by Crippen LogP contribution is -2.30. The topological polar surface area (TPSA) is 71.2 Å². The van der Waals surface area contributed by atoms with Crippen LogP contribution >= 0.6 is 7.49 Å². The Morgan fingerprint density at radius 1 is 0.629 bits per heavy atom. The van der Waals surface area contributed by atoms with Crippen LogP contribution in [0.4, 0.5) is 5.82 Å². The van der Waals surface area contributed by atoms with E-state index in [4.69, 9.17) is 5.73 Å². The van der Waals surface area contributed by atoms with Crippen molar-refractivity contribution in [2.24, 2.45) is 5.73 Å². The molecule has 4 aromatic carbocycles. The highest BCUT2D eigenvalue weighted by molar-refractivity contribution is 7.91. The fourth-order valence-corrected chi connectivity index (χ4v) is 6.95. The second kappa shape index (κ2) is 10.2. The normalized spacial score (nSPS) is 12.2. The molecule has 5 rings (SSSR count). The van der Waals surface area contributed by atoms with E-state index >= 15 is 0 Å². The Morgan fingerprint density at radius 3 is 1.83 bits per heavy atom. The molecule has 0 bridgehead atoms. The molecule has 1 heterocycles. The van der Waals surface area contributed by atoms with Crippen molar-refractivity contribution in [3.05, 3.63) is 139 Å². The highest BCUT2D eigenvalue weighted by Gasteiger charge is 2.44. The maximum absolute atomic E-state index is 12.3. The Bertz CT molecular complexity index is 1360. The van der Waals surface area contributed by atoms with Crippen LogP contribution in [0.1, 0.15) is 11.7 Å². The second-order valence-corrected chi connectivity index (χ2v) is 11.1. The molecule has 1 unspecified atom stereocenters. The molecule has 5 aromatic rings. The maximum atomic E-state index is 12.3. The molecular formula is C30H27N3OP+. The molecule has 4 nitrogen and oxygen atoms in total. The Labute approximate surface area is 206 Å². The van der Waals surface area contributed by atoms with Gasteiger partial charge in [-0.3, -0.25) is 0 Å². The average Bonchev–Trinajstić information content (AvgIpc) is 2.94. The summed E-state index contributed by atoms with van der Waals surface area (Å²) in [5.41, 5.74) is 9.46. The number of nitrogens with two attached hydrogens (primary N) is 1. The van der Waals surface area contributed by atoms with Crippen molar-refractivity contribution in [2.75, 3.05) is 5.32 Å². The molecule has 0 aliphatic carbocycles. The lowest BCUT2D eigenvalue weighted by Gasteiger charge is -2.21. The van der Waals surface area contributed by atoms with Crippen LogP contribution in [0, 0.1) is 0 Å². The fourth-order valence-electron chi connectivity index (χ4n) is 4.22. The summed E-state index contributed by atoms with van der Waals surface area (Å²) in [6, 6.07) is 42.0. The minimum atomic E-state index is -2.80. The van der Waals surface area contributed by atoms with Gasteiger partial charge in [-0.2, -0.15) is 0 Å². The zero-order valence-corrected chi connectivity index (χ0v) is 20.1. The zero-order valence-electron chi connectivity index (χ0n) is 19.2. The largest absolute Gasteiger partial charge is 0.351 e. The number of nitrogens with one attached hydrogen (secondary N) is 1. The van der Waals surface area contributed by atoms with Crippen molar-refractivity contribution in [1.82, 2.24) is 4.98 Å². The monoisotopic (exact) mass is 476 g/mol. The number of pyridine rings is 1. The molecule has 172 valence electrons. The van der Waals surface area contributed by atoms with E-state index in [1.807, 2.05) is 103 Å². The van der Waals surface area contributed by atoms with E-state index in [0.29, 0.717) is 0 Å². The summed E-state index contributed by atoms with van der Waals surface area (Å²) >= 11 is 0. The summed E-state index contributed by atoms with van der Waals surface area (Å²) < 4.78 is 0. The van der Waals surface area contributed by atoms with Gasteiger partial charge in [0.15, 0.2) is 0 Å². The SMILES string of the molecule is NC(Nc1ccccn1)c1cccc(-c2cccc([P+](O)(c3ccccc3)c3ccccc3)c2)c1. The van der Waals surface area contributed by atoms with Crippen molar-refractivity contribution in [1.29, 1.82) is 0 Å². The molecule has 0 radical (unpaired) electrons. The van der Waals surface area contributed by atoms with Crippen LogP contribution in [0.3, 0.4) is 0 Å². The van der Waals surface area contributed by atoms with E-state index in [1.54, 1.807) is 6.20 Å². The maximum Gasteiger partial charge on any atom is 0.238 e. The molecule has 0 aliphatic heterocycles. The van der Waals surface area contributed by atoms with Gasteiger partial charge in [0.1, 0.15) is 27.9 Å². The fraction of sp³-hybridized carbons (Fsp3) is 0.0333. The van der Waals surface area contributed by atoms with Crippen LogP contribution in [0.25, 0.3) is 11.1 Å². The van der Waals surface area contributed by atoms with Gasteiger partial charge in [0, 0.05) is 6.20 Å². The van der Waals surface area contributed by atoms with Gasteiger partial charge in [-0.1, -0.05) is 72.8 Å². The van der Waals surface area contributed by atoms with Gasteiger partial charge in [0.05, 0.1) is 0 Å². The lowest BCUT2D eigenvalue weighted by molar-refractivity contribution is 0.633. The smallest absolute Gasteiger partial charge is 0.238 e. The van der Waals surface area contributed by atoms with Gasteiger partial charge >= 0.3 is 0 Å². The van der Waals surface area contributed by atoms with Gasteiger partial charge in [-0.15, -0.1) is 0 Å². The predicted octanol–water partition coefficient (Wildman–Crippen LogP) is 5.02. The van der Waals surface area contributed by atoms with Crippen LogP contribution in [-0.4, -0.2) is 9.88 Å². The molecule has 1 aromatic heterocycles. The van der Waals surface area contributed by atoms with E-state index in [1.165, 1.54) is 0 Å². The first kappa shape index (κ1) is 22.9. The molecule has 35 heavy (non-hydrogen) atoms. The Balaban J connectivity index is 1.53. The third-order valence-electron chi connectivity index (χ3n) is 6.03. The van der Waals surface area contributed by atoms with Crippen molar-refractivity contribution < 1.29 is 4.89 Å². The number of hydrogen-bond acceptors (Lipinski definition) is 4. The van der Waals surface area contributed by atoms with Crippen molar-refractivity contribution in [3.8, 4) is 11.1 Å². The van der Waals surface area contributed by atoms with E-state index in [0.717, 1.165) is 38.4 Å².